The van der Waals surface area contributed by atoms with Crippen molar-refractivity contribution in [1.29, 1.82) is 0 Å². The number of aromatic nitrogens is 3. The first-order chi connectivity index (χ1) is 9.04. The molecule has 0 aliphatic rings. The Bertz CT molecular complexity index is 426. The van der Waals surface area contributed by atoms with Crippen molar-refractivity contribution in [1.82, 2.24) is 14.8 Å². The predicted octanol–water partition coefficient (Wildman–Crippen LogP) is 1.25. The SMILES string of the molecule is COC(=NOC(C)C)C(=NOC(C)C)n1cncn1. The van der Waals surface area contributed by atoms with E-state index in [1.165, 1.54) is 24.4 Å². The average Bonchev–Trinajstić information content (AvgIpc) is 2.86. The summed E-state index contributed by atoms with van der Waals surface area (Å²) in [5.74, 6) is 0.411. The third-order valence-corrected chi connectivity index (χ3v) is 1.72. The second-order valence-electron chi connectivity index (χ2n) is 4.16. The van der Waals surface area contributed by atoms with Gasteiger partial charge in [-0.3, -0.25) is 0 Å². The van der Waals surface area contributed by atoms with E-state index in [2.05, 4.69) is 20.4 Å². The predicted molar refractivity (Wildman–Crippen MR) is 69.7 cm³/mol. The molecule has 0 radical (unpaired) electrons. The fraction of sp³-hybridized carbons (Fsp3) is 0.636. The van der Waals surface area contributed by atoms with Gasteiger partial charge in [-0.15, -0.1) is 0 Å². The molecule has 1 aromatic heterocycles. The quantitative estimate of drug-likeness (QED) is 0.466. The van der Waals surface area contributed by atoms with Gasteiger partial charge in [0, 0.05) is 0 Å². The van der Waals surface area contributed by atoms with Crippen molar-refractivity contribution in [3.63, 3.8) is 0 Å². The molecule has 0 aromatic carbocycles. The van der Waals surface area contributed by atoms with Crippen LogP contribution in [-0.2, 0) is 14.4 Å². The van der Waals surface area contributed by atoms with E-state index in [-0.39, 0.29) is 23.9 Å². The van der Waals surface area contributed by atoms with Crippen molar-refractivity contribution < 1.29 is 14.4 Å². The molecule has 19 heavy (non-hydrogen) atoms. The van der Waals surface area contributed by atoms with Gasteiger partial charge in [0.1, 0.15) is 24.9 Å². The summed E-state index contributed by atoms with van der Waals surface area (Å²) in [7, 11) is 1.46. The van der Waals surface area contributed by atoms with E-state index in [0.29, 0.717) is 0 Å². The fourth-order valence-electron chi connectivity index (χ4n) is 0.974. The maximum atomic E-state index is 5.20. The lowest BCUT2D eigenvalue weighted by Gasteiger charge is -2.10. The normalized spacial score (nSPS) is 13.0. The Morgan fingerprint density at radius 3 is 2.21 bits per heavy atom. The minimum Gasteiger partial charge on any atom is -0.476 e. The minimum absolute atomic E-state index is 0.0758. The summed E-state index contributed by atoms with van der Waals surface area (Å²) in [6, 6.07) is 0. The first-order valence-corrected chi connectivity index (χ1v) is 5.91. The Kier molecular flexibility index (Phi) is 5.77. The average molecular weight is 269 g/mol. The van der Waals surface area contributed by atoms with E-state index in [9.17, 15) is 0 Å². The van der Waals surface area contributed by atoms with Gasteiger partial charge in [-0.25, -0.2) is 4.98 Å². The van der Waals surface area contributed by atoms with Gasteiger partial charge in [-0.05, 0) is 32.9 Å². The van der Waals surface area contributed by atoms with Crippen molar-refractivity contribution in [3.8, 4) is 0 Å². The molecule has 1 heterocycles. The van der Waals surface area contributed by atoms with E-state index in [0.717, 1.165) is 0 Å². The molecule has 0 unspecified atom stereocenters. The highest BCUT2D eigenvalue weighted by molar-refractivity contribution is 6.38. The Balaban J connectivity index is 3.01. The molecule has 0 aliphatic heterocycles. The van der Waals surface area contributed by atoms with Crippen LogP contribution in [0.4, 0.5) is 0 Å². The third-order valence-electron chi connectivity index (χ3n) is 1.72. The Morgan fingerprint density at radius 1 is 1.11 bits per heavy atom. The number of ether oxygens (including phenoxy) is 1. The van der Waals surface area contributed by atoms with E-state index < -0.39 is 0 Å². The monoisotopic (exact) mass is 269 g/mol. The highest BCUT2D eigenvalue weighted by Crippen LogP contribution is 1.98. The summed E-state index contributed by atoms with van der Waals surface area (Å²) in [5.41, 5.74) is 0. The van der Waals surface area contributed by atoms with Crippen molar-refractivity contribution in [2.45, 2.75) is 39.9 Å². The first-order valence-electron chi connectivity index (χ1n) is 5.91. The molecule has 0 bridgehead atoms. The molecule has 0 atom stereocenters. The summed E-state index contributed by atoms with van der Waals surface area (Å²) in [6.45, 7) is 7.43. The van der Waals surface area contributed by atoms with Crippen molar-refractivity contribution in [3.05, 3.63) is 12.7 Å². The second kappa shape index (κ2) is 7.34. The van der Waals surface area contributed by atoms with Crippen LogP contribution in [0.1, 0.15) is 27.7 Å². The van der Waals surface area contributed by atoms with Crippen LogP contribution in [0, 0.1) is 0 Å². The Hall–Kier alpha value is -2.12. The summed E-state index contributed by atoms with van der Waals surface area (Å²) in [6.07, 6.45) is 2.68. The topological polar surface area (TPSA) is 83.1 Å². The summed E-state index contributed by atoms with van der Waals surface area (Å²) in [4.78, 5) is 14.2. The molecule has 0 fully saturated rings. The van der Waals surface area contributed by atoms with Crippen LogP contribution < -0.4 is 0 Å². The van der Waals surface area contributed by atoms with E-state index in [1.54, 1.807) is 0 Å². The lowest BCUT2D eigenvalue weighted by molar-refractivity contribution is 0.0776. The van der Waals surface area contributed by atoms with Gasteiger partial charge in [-0.2, -0.15) is 9.78 Å². The third kappa shape index (κ3) is 4.94. The van der Waals surface area contributed by atoms with Gasteiger partial charge in [0.25, 0.3) is 11.7 Å². The zero-order chi connectivity index (χ0) is 14.3. The Labute approximate surface area is 112 Å². The number of methoxy groups -OCH3 is 1. The molecule has 0 N–H and O–H groups in total. The molecular formula is C11H19N5O3. The summed E-state index contributed by atoms with van der Waals surface area (Å²) >= 11 is 0. The fourth-order valence-corrected chi connectivity index (χ4v) is 0.974. The number of hydrogen-bond donors (Lipinski definition) is 0. The van der Waals surface area contributed by atoms with E-state index >= 15 is 0 Å². The number of nitrogens with zero attached hydrogens (tertiary/aromatic N) is 5. The highest BCUT2D eigenvalue weighted by atomic mass is 16.7. The van der Waals surface area contributed by atoms with Gasteiger partial charge in [0.2, 0.25) is 0 Å². The maximum Gasteiger partial charge on any atom is 0.299 e. The summed E-state index contributed by atoms with van der Waals surface area (Å²) < 4.78 is 6.53. The molecule has 0 saturated carbocycles. The molecule has 0 saturated heterocycles. The number of rotatable bonds is 4. The zero-order valence-electron chi connectivity index (χ0n) is 11.8. The first kappa shape index (κ1) is 14.9. The number of oxime groups is 2. The zero-order valence-corrected chi connectivity index (χ0v) is 11.8. The maximum absolute atomic E-state index is 5.20. The van der Waals surface area contributed by atoms with E-state index in [1.807, 2.05) is 27.7 Å². The molecule has 106 valence electrons. The van der Waals surface area contributed by atoms with Crippen LogP contribution in [0.5, 0.6) is 0 Å². The standard InChI is InChI=1S/C11H19N5O3/c1-8(2)18-14-10(16-7-12-6-13-16)11(17-5)15-19-9(3)4/h6-9H,1-5H3. The summed E-state index contributed by atoms with van der Waals surface area (Å²) in [5, 5.41) is 11.8. The lowest BCUT2D eigenvalue weighted by atomic mass is 10.5. The van der Waals surface area contributed by atoms with Crippen LogP contribution in [0.3, 0.4) is 0 Å². The minimum atomic E-state index is -0.0809. The molecule has 0 amide bonds. The van der Waals surface area contributed by atoms with E-state index in [4.69, 9.17) is 14.4 Å². The Morgan fingerprint density at radius 2 is 1.74 bits per heavy atom. The smallest absolute Gasteiger partial charge is 0.299 e. The van der Waals surface area contributed by atoms with Gasteiger partial charge in [0.15, 0.2) is 0 Å². The van der Waals surface area contributed by atoms with Gasteiger partial charge in [-0.1, -0.05) is 5.16 Å². The molecule has 1 aromatic rings. The molecule has 1 rings (SSSR count). The molecule has 0 aliphatic carbocycles. The van der Waals surface area contributed by atoms with Gasteiger partial charge < -0.3 is 14.4 Å². The molecular weight excluding hydrogens is 250 g/mol. The van der Waals surface area contributed by atoms with Crippen LogP contribution in [0.15, 0.2) is 23.0 Å². The van der Waals surface area contributed by atoms with Crippen LogP contribution in [0.2, 0.25) is 0 Å². The van der Waals surface area contributed by atoms with Crippen LogP contribution in [0.25, 0.3) is 0 Å². The second-order valence-corrected chi connectivity index (χ2v) is 4.16. The van der Waals surface area contributed by atoms with Gasteiger partial charge in [0.05, 0.1) is 7.11 Å². The van der Waals surface area contributed by atoms with Crippen molar-refractivity contribution >= 4 is 11.7 Å². The van der Waals surface area contributed by atoms with Crippen molar-refractivity contribution in [2.24, 2.45) is 10.3 Å². The van der Waals surface area contributed by atoms with Crippen LogP contribution >= 0.6 is 0 Å². The number of hydrogen-bond acceptors (Lipinski definition) is 7. The lowest BCUT2D eigenvalue weighted by Crippen LogP contribution is -2.26. The van der Waals surface area contributed by atoms with Crippen LogP contribution in [-0.4, -0.2) is 45.8 Å². The molecule has 8 nitrogen and oxygen atoms in total. The highest BCUT2D eigenvalue weighted by Gasteiger charge is 2.16. The molecule has 0 spiro atoms. The molecule has 8 heteroatoms. The largest absolute Gasteiger partial charge is 0.476 e. The van der Waals surface area contributed by atoms with Gasteiger partial charge >= 0.3 is 0 Å². The van der Waals surface area contributed by atoms with Crippen molar-refractivity contribution in [2.75, 3.05) is 7.11 Å².